The van der Waals surface area contributed by atoms with Gasteiger partial charge in [-0.1, -0.05) is 0 Å². The summed E-state index contributed by atoms with van der Waals surface area (Å²) in [5, 5.41) is 10.9. The fourth-order valence-corrected chi connectivity index (χ4v) is 1.39. The number of benzene rings is 1. The lowest BCUT2D eigenvalue weighted by Crippen LogP contribution is -2.30. The minimum atomic E-state index is -4.69. The van der Waals surface area contributed by atoms with Gasteiger partial charge in [0.25, 0.3) is 0 Å². The number of nitro benzene ring substituents is 1. The van der Waals surface area contributed by atoms with Crippen molar-refractivity contribution in [1.29, 1.82) is 0 Å². The summed E-state index contributed by atoms with van der Waals surface area (Å²) in [6.45, 7) is 3.11. The molecule has 4 N–H and O–H groups in total. The number of halogens is 3. The maximum atomic E-state index is 12.5. The molecule has 0 aromatic heterocycles. The average molecular weight is 305 g/mol. The van der Waals surface area contributed by atoms with E-state index in [0.717, 1.165) is 6.07 Å². The Morgan fingerprint density at radius 2 is 1.95 bits per heavy atom. The highest BCUT2D eigenvalue weighted by Gasteiger charge is 2.33. The van der Waals surface area contributed by atoms with Gasteiger partial charge in [0.05, 0.1) is 10.5 Å². The van der Waals surface area contributed by atoms with Gasteiger partial charge < -0.3 is 10.5 Å². The summed E-state index contributed by atoms with van der Waals surface area (Å²) >= 11 is 0. The number of allylic oxidation sites excluding steroid dienone is 1. The van der Waals surface area contributed by atoms with E-state index in [9.17, 15) is 23.3 Å². The highest BCUT2D eigenvalue weighted by Crippen LogP contribution is 2.36. The van der Waals surface area contributed by atoms with E-state index in [1.54, 1.807) is 13.8 Å². The molecule has 0 saturated heterocycles. The predicted octanol–water partition coefficient (Wildman–Crippen LogP) is 2.53. The molecule has 0 spiro atoms. The number of nitro groups is 1. The van der Waals surface area contributed by atoms with Gasteiger partial charge in [0.2, 0.25) is 0 Å². The Labute approximate surface area is 118 Å². The first-order chi connectivity index (χ1) is 9.54. The molecule has 0 saturated carbocycles. The Hall–Kier alpha value is -2.29. The van der Waals surface area contributed by atoms with E-state index in [0.29, 0.717) is 23.4 Å². The van der Waals surface area contributed by atoms with Gasteiger partial charge in [0, 0.05) is 17.3 Å². The minimum absolute atomic E-state index is 0.358. The standard InChI is InChI=1S/C12H14F3N3O3/c1-6(7(2)16)11(17)21-10-4-3-8(12(13,14)15)5-9(10)18(19)20/h3-5,11H,16-17H2,1-2H3/b7-6-. The Balaban J connectivity index is 3.20. The first-order valence-electron chi connectivity index (χ1n) is 5.74. The van der Waals surface area contributed by atoms with Crippen LogP contribution in [0.1, 0.15) is 19.4 Å². The van der Waals surface area contributed by atoms with Crippen LogP contribution in [0, 0.1) is 10.1 Å². The minimum Gasteiger partial charge on any atom is -0.464 e. The number of alkyl halides is 3. The van der Waals surface area contributed by atoms with E-state index in [2.05, 4.69) is 0 Å². The zero-order valence-electron chi connectivity index (χ0n) is 11.3. The van der Waals surface area contributed by atoms with Gasteiger partial charge in [-0.3, -0.25) is 15.8 Å². The molecule has 0 aliphatic carbocycles. The van der Waals surface area contributed by atoms with Gasteiger partial charge in [0.15, 0.2) is 12.0 Å². The number of ether oxygens (including phenoxy) is 1. The zero-order valence-corrected chi connectivity index (χ0v) is 11.3. The van der Waals surface area contributed by atoms with Crippen molar-refractivity contribution in [2.24, 2.45) is 11.5 Å². The number of nitrogens with two attached hydrogens (primary N) is 2. The van der Waals surface area contributed by atoms with E-state index in [1.807, 2.05) is 0 Å². The molecule has 0 fully saturated rings. The van der Waals surface area contributed by atoms with Crippen LogP contribution in [0.3, 0.4) is 0 Å². The van der Waals surface area contributed by atoms with E-state index in [-0.39, 0.29) is 5.75 Å². The van der Waals surface area contributed by atoms with Crippen LogP contribution in [-0.2, 0) is 6.18 Å². The summed E-state index contributed by atoms with van der Waals surface area (Å²) in [6.07, 6.45) is -5.78. The van der Waals surface area contributed by atoms with Crippen LogP contribution in [0.15, 0.2) is 29.5 Å². The lowest BCUT2D eigenvalue weighted by Gasteiger charge is -2.17. The van der Waals surface area contributed by atoms with Crippen LogP contribution in [0.25, 0.3) is 0 Å². The normalized spacial score (nSPS) is 14.4. The Morgan fingerprint density at radius 3 is 2.38 bits per heavy atom. The lowest BCUT2D eigenvalue weighted by molar-refractivity contribution is -0.386. The summed E-state index contributed by atoms with van der Waals surface area (Å²) in [7, 11) is 0. The van der Waals surface area contributed by atoms with Crippen LogP contribution in [0.5, 0.6) is 5.75 Å². The summed E-state index contributed by atoms with van der Waals surface area (Å²) in [4.78, 5) is 9.90. The second-order valence-corrected chi connectivity index (χ2v) is 4.34. The summed E-state index contributed by atoms with van der Waals surface area (Å²) in [6, 6.07) is 1.94. The topological polar surface area (TPSA) is 104 Å². The second-order valence-electron chi connectivity index (χ2n) is 4.34. The van der Waals surface area contributed by atoms with Gasteiger partial charge in [-0.15, -0.1) is 0 Å². The predicted molar refractivity (Wildman–Crippen MR) is 69.3 cm³/mol. The maximum Gasteiger partial charge on any atom is 0.416 e. The number of nitrogens with zero attached hydrogens (tertiary/aromatic N) is 1. The summed E-state index contributed by atoms with van der Waals surface area (Å²) in [5.74, 6) is -0.360. The first kappa shape index (κ1) is 16.8. The third kappa shape index (κ3) is 4.09. The van der Waals surface area contributed by atoms with E-state index >= 15 is 0 Å². The van der Waals surface area contributed by atoms with Crippen LogP contribution in [0.4, 0.5) is 18.9 Å². The molecule has 6 nitrogen and oxygen atoms in total. The Bertz CT molecular complexity index is 581. The van der Waals surface area contributed by atoms with Crippen molar-refractivity contribution in [2.75, 3.05) is 0 Å². The quantitative estimate of drug-likeness (QED) is 0.505. The number of hydrogen-bond donors (Lipinski definition) is 2. The number of hydrogen-bond acceptors (Lipinski definition) is 5. The van der Waals surface area contributed by atoms with Crippen molar-refractivity contribution in [3.05, 3.63) is 45.1 Å². The van der Waals surface area contributed by atoms with Gasteiger partial charge >= 0.3 is 11.9 Å². The molecule has 1 atom stereocenters. The molecule has 0 amide bonds. The third-order valence-corrected chi connectivity index (χ3v) is 2.79. The molecule has 0 aliphatic rings. The monoisotopic (exact) mass is 305 g/mol. The molecule has 116 valence electrons. The van der Waals surface area contributed by atoms with Crippen LogP contribution < -0.4 is 16.2 Å². The largest absolute Gasteiger partial charge is 0.464 e. The van der Waals surface area contributed by atoms with Crippen LogP contribution in [0.2, 0.25) is 0 Å². The fourth-order valence-electron chi connectivity index (χ4n) is 1.39. The van der Waals surface area contributed by atoms with Gasteiger partial charge in [-0.2, -0.15) is 13.2 Å². The van der Waals surface area contributed by atoms with Gasteiger partial charge in [-0.25, -0.2) is 0 Å². The highest BCUT2D eigenvalue weighted by atomic mass is 19.4. The van der Waals surface area contributed by atoms with E-state index in [1.165, 1.54) is 0 Å². The molecule has 0 bridgehead atoms. The van der Waals surface area contributed by atoms with Gasteiger partial charge in [-0.05, 0) is 26.0 Å². The molecule has 0 heterocycles. The van der Waals surface area contributed by atoms with Crippen molar-refractivity contribution < 1.29 is 22.8 Å². The summed E-state index contributed by atoms with van der Waals surface area (Å²) < 4.78 is 42.8. The SMILES string of the molecule is C/C(N)=C(\C)C(N)Oc1ccc(C(F)(F)F)cc1[N+](=O)[O-]. The molecular weight excluding hydrogens is 291 g/mol. The molecule has 0 aliphatic heterocycles. The molecule has 9 heteroatoms. The highest BCUT2D eigenvalue weighted by molar-refractivity contribution is 5.49. The van der Waals surface area contributed by atoms with Crippen molar-refractivity contribution in [3.8, 4) is 5.75 Å². The summed E-state index contributed by atoms with van der Waals surface area (Å²) in [5.41, 5.74) is 9.97. The molecule has 0 radical (unpaired) electrons. The molecule has 1 aromatic carbocycles. The Kier molecular flexibility index (Phi) is 4.79. The van der Waals surface area contributed by atoms with Crippen LogP contribution in [-0.4, -0.2) is 11.2 Å². The second kappa shape index (κ2) is 6.00. The van der Waals surface area contributed by atoms with Crippen molar-refractivity contribution >= 4 is 5.69 Å². The lowest BCUT2D eigenvalue weighted by atomic mass is 10.1. The smallest absolute Gasteiger partial charge is 0.416 e. The zero-order chi connectivity index (χ0) is 16.4. The molecule has 1 aromatic rings. The first-order valence-corrected chi connectivity index (χ1v) is 5.74. The van der Waals surface area contributed by atoms with E-state index in [4.69, 9.17) is 16.2 Å². The van der Waals surface area contributed by atoms with E-state index < -0.39 is 28.6 Å². The molecule has 21 heavy (non-hydrogen) atoms. The van der Waals surface area contributed by atoms with Crippen LogP contribution >= 0.6 is 0 Å². The fraction of sp³-hybridized carbons (Fsp3) is 0.333. The third-order valence-electron chi connectivity index (χ3n) is 2.79. The average Bonchev–Trinajstić information content (AvgIpc) is 2.36. The molecule has 1 unspecified atom stereocenters. The molecule has 1 rings (SSSR count). The van der Waals surface area contributed by atoms with Crippen molar-refractivity contribution in [2.45, 2.75) is 26.3 Å². The maximum absolute atomic E-state index is 12.5. The van der Waals surface area contributed by atoms with Gasteiger partial charge in [0.1, 0.15) is 0 Å². The Morgan fingerprint density at radius 1 is 1.38 bits per heavy atom. The van der Waals surface area contributed by atoms with Crippen molar-refractivity contribution in [1.82, 2.24) is 0 Å². The number of rotatable bonds is 4. The molecular formula is C12H14F3N3O3. The van der Waals surface area contributed by atoms with Crippen molar-refractivity contribution in [3.63, 3.8) is 0 Å².